The van der Waals surface area contributed by atoms with Crippen LogP contribution in [0.3, 0.4) is 0 Å². The number of carbonyl (C=O) groups is 1. The molecule has 2 N–H and O–H groups in total. The van der Waals surface area contributed by atoms with Gasteiger partial charge < -0.3 is 10.5 Å². The van der Waals surface area contributed by atoms with Crippen molar-refractivity contribution in [1.82, 2.24) is 0 Å². The third-order valence-electron chi connectivity index (χ3n) is 2.12. The molecule has 0 spiro atoms. The van der Waals surface area contributed by atoms with Crippen LogP contribution in [0.1, 0.15) is 5.56 Å². The first-order valence-electron chi connectivity index (χ1n) is 4.75. The summed E-state index contributed by atoms with van der Waals surface area (Å²) >= 11 is 5.60. The van der Waals surface area contributed by atoms with Crippen LogP contribution < -0.4 is 5.73 Å². The van der Waals surface area contributed by atoms with Gasteiger partial charge in [0.05, 0.1) is 17.7 Å². The molecule has 1 unspecified atom stereocenters. The first kappa shape index (κ1) is 13.1. The second-order valence-electron chi connectivity index (χ2n) is 3.45. The molecule has 0 radical (unpaired) electrons. The number of halogens is 2. The van der Waals surface area contributed by atoms with E-state index in [1.165, 1.54) is 25.3 Å². The van der Waals surface area contributed by atoms with Crippen LogP contribution in [0.2, 0.25) is 5.02 Å². The van der Waals surface area contributed by atoms with Gasteiger partial charge in [0.2, 0.25) is 0 Å². The van der Waals surface area contributed by atoms with Crippen LogP contribution in [-0.2, 0) is 16.0 Å². The molecule has 1 rings (SSSR count). The van der Waals surface area contributed by atoms with Gasteiger partial charge in [0.25, 0.3) is 0 Å². The summed E-state index contributed by atoms with van der Waals surface area (Å²) in [6.45, 7) is 0.174. The lowest BCUT2D eigenvalue weighted by molar-refractivity contribution is -0.120. The lowest BCUT2D eigenvalue weighted by Gasteiger charge is -2.09. The fraction of sp³-hybridized carbons (Fsp3) is 0.364. The quantitative estimate of drug-likeness (QED) is 0.857. The molecule has 0 saturated heterocycles. The van der Waals surface area contributed by atoms with Crippen molar-refractivity contribution in [3.63, 3.8) is 0 Å². The molecule has 0 aromatic heterocycles. The number of benzene rings is 1. The van der Waals surface area contributed by atoms with Crippen molar-refractivity contribution >= 4 is 17.4 Å². The maximum absolute atomic E-state index is 12.9. The molecule has 0 heterocycles. The Labute approximate surface area is 98.3 Å². The molecule has 1 atom stereocenters. The van der Waals surface area contributed by atoms with Gasteiger partial charge >= 0.3 is 0 Å². The van der Waals surface area contributed by atoms with E-state index in [0.717, 1.165) is 0 Å². The molecule has 88 valence electrons. The Morgan fingerprint density at radius 2 is 2.31 bits per heavy atom. The van der Waals surface area contributed by atoms with Crippen LogP contribution in [0.25, 0.3) is 0 Å². The van der Waals surface area contributed by atoms with Gasteiger partial charge in [0, 0.05) is 13.5 Å². The summed E-state index contributed by atoms with van der Waals surface area (Å²) in [6, 6.07) is 3.51. The summed E-state index contributed by atoms with van der Waals surface area (Å²) in [4.78, 5) is 11.6. The highest BCUT2D eigenvalue weighted by molar-refractivity contribution is 6.30. The van der Waals surface area contributed by atoms with Gasteiger partial charge in [-0.15, -0.1) is 0 Å². The van der Waals surface area contributed by atoms with Crippen molar-refractivity contribution in [2.75, 3.05) is 13.7 Å². The first-order chi connectivity index (χ1) is 7.54. The van der Waals surface area contributed by atoms with Crippen molar-refractivity contribution in [3.8, 4) is 0 Å². The topological polar surface area (TPSA) is 52.3 Å². The molecule has 0 aliphatic rings. The highest BCUT2D eigenvalue weighted by Gasteiger charge is 2.14. The smallest absolute Gasteiger partial charge is 0.156 e. The molecule has 0 saturated carbocycles. The van der Waals surface area contributed by atoms with E-state index < -0.39 is 11.9 Å². The normalized spacial score (nSPS) is 12.5. The van der Waals surface area contributed by atoms with Gasteiger partial charge in [0.1, 0.15) is 5.82 Å². The standard InChI is InChI=1S/C11H13ClFNO2/c1-16-6-10(14)11(15)5-7-2-3-9(13)8(12)4-7/h2-4,10H,5-6,14H2,1H3. The maximum atomic E-state index is 12.9. The molecular weight excluding hydrogens is 233 g/mol. The Morgan fingerprint density at radius 3 is 2.88 bits per heavy atom. The highest BCUT2D eigenvalue weighted by atomic mass is 35.5. The van der Waals surface area contributed by atoms with E-state index in [2.05, 4.69) is 0 Å². The van der Waals surface area contributed by atoms with E-state index in [0.29, 0.717) is 5.56 Å². The Balaban J connectivity index is 2.66. The zero-order chi connectivity index (χ0) is 12.1. The first-order valence-corrected chi connectivity index (χ1v) is 5.13. The molecule has 0 aliphatic heterocycles. The van der Waals surface area contributed by atoms with Crippen LogP contribution in [0.15, 0.2) is 18.2 Å². The van der Waals surface area contributed by atoms with E-state index in [1.807, 2.05) is 0 Å². The Morgan fingerprint density at radius 1 is 1.62 bits per heavy atom. The molecular formula is C11H13ClFNO2. The lowest BCUT2D eigenvalue weighted by atomic mass is 10.0. The third kappa shape index (κ3) is 3.56. The number of carbonyl (C=O) groups excluding carboxylic acids is 1. The Bertz CT molecular complexity index is 384. The van der Waals surface area contributed by atoms with E-state index in [-0.39, 0.29) is 23.8 Å². The molecule has 1 aromatic carbocycles. The van der Waals surface area contributed by atoms with Crippen LogP contribution in [0, 0.1) is 5.82 Å². The van der Waals surface area contributed by atoms with E-state index in [9.17, 15) is 9.18 Å². The van der Waals surface area contributed by atoms with E-state index in [1.54, 1.807) is 0 Å². The number of ketones is 1. The summed E-state index contributed by atoms with van der Waals surface area (Å²) < 4.78 is 17.6. The average Bonchev–Trinajstić information content (AvgIpc) is 2.24. The van der Waals surface area contributed by atoms with Gasteiger partial charge in [0.15, 0.2) is 5.78 Å². The third-order valence-corrected chi connectivity index (χ3v) is 2.41. The summed E-state index contributed by atoms with van der Waals surface area (Å²) in [5, 5.41) is 0.00520. The van der Waals surface area contributed by atoms with Gasteiger partial charge in [-0.1, -0.05) is 17.7 Å². The number of methoxy groups -OCH3 is 1. The number of ether oxygens (including phenoxy) is 1. The van der Waals surface area contributed by atoms with Gasteiger partial charge in [-0.3, -0.25) is 4.79 Å². The maximum Gasteiger partial charge on any atom is 0.156 e. The number of nitrogens with two attached hydrogens (primary N) is 1. The Kier molecular flexibility index (Phi) is 4.86. The van der Waals surface area contributed by atoms with Gasteiger partial charge in [-0.2, -0.15) is 0 Å². The van der Waals surface area contributed by atoms with Crippen molar-refractivity contribution in [2.24, 2.45) is 5.73 Å². The van der Waals surface area contributed by atoms with E-state index in [4.69, 9.17) is 22.1 Å². The van der Waals surface area contributed by atoms with Crippen LogP contribution in [0.5, 0.6) is 0 Å². The lowest BCUT2D eigenvalue weighted by Crippen LogP contribution is -2.35. The zero-order valence-electron chi connectivity index (χ0n) is 8.87. The van der Waals surface area contributed by atoms with Crippen molar-refractivity contribution in [3.05, 3.63) is 34.6 Å². The van der Waals surface area contributed by atoms with Gasteiger partial charge in [-0.05, 0) is 17.7 Å². The predicted octanol–water partition coefficient (Wildman–Crippen LogP) is 1.56. The van der Waals surface area contributed by atoms with Crippen LogP contribution >= 0.6 is 11.6 Å². The molecule has 5 heteroatoms. The predicted molar refractivity (Wildman–Crippen MR) is 60.0 cm³/mol. The number of Topliss-reactive ketones (excluding diaryl/α,β-unsaturated/α-hetero) is 1. The largest absolute Gasteiger partial charge is 0.383 e. The average molecular weight is 246 g/mol. The van der Waals surface area contributed by atoms with Crippen molar-refractivity contribution in [1.29, 1.82) is 0 Å². The number of rotatable bonds is 5. The molecule has 0 bridgehead atoms. The minimum atomic E-state index is -0.658. The monoisotopic (exact) mass is 245 g/mol. The summed E-state index contributed by atoms with van der Waals surface area (Å²) in [6.07, 6.45) is 0.129. The molecule has 3 nitrogen and oxygen atoms in total. The summed E-state index contributed by atoms with van der Waals surface area (Å²) in [5.74, 6) is -0.663. The Hall–Kier alpha value is -0.970. The fourth-order valence-corrected chi connectivity index (χ4v) is 1.46. The second kappa shape index (κ2) is 5.94. The zero-order valence-corrected chi connectivity index (χ0v) is 9.63. The number of hydrogen-bond donors (Lipinski definition) is 1. The van der Waals surface area contributed by atoms with Crippen LogP contribution in [-0.4, -0.2) is 25.5 Å². The molecule has 0 fully saturated rings. The highest BCUT2D eigenvalue weighted by Crippen LogP contribution is 2.16. The fourth-order valence-electron chi connectivity index (χ4n) is 1.25. The minimum absolute atomic E-state index is 0.00520. The molecule has 0 aliphatic carbocycles. The molecule has 16 heavy (non-hydrogen) atoms. The van der Waals surface area contributed by atoms with Gasteiger partial charge in [-0.25, -0.2) is 4.39 Å². The summed E-state index contributed by atoms with van der Waals surface area (Å²) in [5.41, 5.74) is 6.20. The molecule has 0 amide bonds. The minimum Gasteiger partial charge on any atom is -0.383 e. The second-order valence-corrected chi connectivity index (χ2v) is 3.86. The van der Waals surface area contributed by atoms with Crippen molar-refractivity contribution < 1.29 is 13.9 Å². The van der Waals surface area contributed by atoms with E-state index >= 15 is 0 Å². The van der Waals surface area contributed by atoms with Crippen LogP contribution in [0.4, 0.5) is 4.39 Å². The summed E-state index contributed by atoms with van der Waals surface area (Å²) in [7, 11) is 1.47. The van der Waals surface area contributed by atoms with Crippen molar-refractivity contribution in [2.45, 2.75) is 12.5 Å². The molecule has 1 aromatic rings. The SMILES string of the molecule is COCC(N)C(=O)Cc1ccc(F)c(Cl)c1. The number of hydrogen-bond acceptors (Lipinski definition) is 3.